The Morgan fingerprint density at radius 3 is 2.55 bits per heavy atom. The molecule has 0 aromatic carbocycles. The standard InChI is InChI=1S/C28H43N5O5/c1-18(2)17-38-25-22(24(34)30-23-20-11-19-12-21(23)15-28(36,13-19)14-20)16-29-33(25)6-5-27(3,4)31-26(35)32-7-9-37-10-8-32/h5-6,16,18-21,23,36H,7-15,17H2,1-4H3,(H,30,34)(H,31,35). The van der Waals surface area contributed by atoms with Crippen LogP contribution < -0.4 is 15.4 Å². The monoisotopic (exact) mass is 529 g/mol. The van der Waals surface area contributed by atoms with Gasteiger partial charge in [0, 0.05) is 25.3 Å². The van der Waals surface area contributed by atoms with E-state index in [-0.39, 0.29) is 23.9 Å². The SMILES string of the molecule is CC(C)COc1c(C(=O)NC2C3CC4CC2CC(O)(C4)C3)cnn1C=CC(C)(C)NC(=O)N1CCOCC1. The van der Waals surface area contributed by atoms with Crippen LogP contribution in [0.5, 0.6) is 5.88 Å². The second-order valence-corrected chi connectivity index (χ2v) is 12.8. The van der Waals surface area contributed by atoms with E-state index in [0.29, 0.717) is 62.1 Å². The van der Waals surface area contributed by atoms with E-state index in [0.717, 1.165) is 32.1 Å². The molecule has 3 N–H and O–H groups in total. The highest BCUT2D eigenvalue weighted by molar-refractivity contribution is 5.96. The van der Waals surface area contributed by atoms with Crippen LogP contribution in [-0.4, -0.2) is 81.8 Å². The molecule has 6 rings (SSSR count). The Morgan fingerprint density at radius 2 is 1.92 bits per heavy atom. The maximum atomic E-state index is 13.5. The van der Waals surface area contributed by atoms with Crippen molar-refractivity contribution in [3.63, 3.8) is 0 Å². The van der Waals surface area contributed by atoms with E-state index in [4.69, 9.17) is 9.47 Å². The molecular weight excluding hydrogens is 486 g/mol. The molecule has 5 fully saturated rings. The van der Waals surface area contributed by atoms with Crippen LogP contribution in [0.2, 0.25) is 0 Å². The minimum absolute atomic E-state index is 0.0745. The first-order valence-electron chi connectivity index (χ1n) is 14.1. The van der Waals surface area contributed by atoms with E-state index in [1.165, 1.54) is 0 Å². The van der Waals surface area contributed by atoms with Crippen LogP contribution in [0.3, 0.4) is 0 Å². The smallest absolute Gasteiger partial charge is 0.318 e. The molecule has 1 saturated heterocycles. The molecule has 1 aromatic heterocycles. The normalized spacial score (nSPS) is 30.7. The van der Waals surface area contributed by atoms with Gasteiger partial charge in [0.25, 0.3) is 5.91 Å². The molecule has 2 atom stereocenters. The lowest BCUT2D eigenvalue weighted by molar-refractivity contribution is -0.136. The molecule has 5 aliphatic rings. The zero-order valence-corrected chi connectivity index (χ0v) is 23.1. The fraction of sp³-hybridized carbons (Fsp3) is 0.750. The van der Waals surface area contributed by atoms with Gasteiger partial charge in [0.05, 0.1) is 37.2 Å². The lowest BCUT2D eigenvalue weighted by atomic mass is 9.52. The number of carbonyl (C=O) groups is 2. The number of aromatic nitrogens is 2. The van der Waals surface area contributed by atoms with E-state index in [2.05, 4.69) is 29.6 Å². The topological polar surface area (TPSA) is 118 Å². The first kappa shape index (κ1) is 27.0. The molecule has 210 valence electrons. The van der Waals surface area contributed by atoms with Crippen LogP contribution in [-0.2, 0) is 4.74 Å². The Morgan fingerprint density at radius 1 is 1.24 bits per heavy atom. The highest BCUT2D eigenvalue weighted by Gasteiger charge is 2.55. The summed E-state index contributed by atoms with van der Waals surface area (Å²) in [5.41, 5.74) is -0.791. The first-order valence-corrected chi connectivity index (χ1v) is 14.1. The summed E-state index contributed by atoms with van der Waals surface area (Å²) in [5, 5.41) is 21.7. The van der Waals surface area contributed by atoms with Crippen molar-refractivity contribution in [2.75, 3.05) is 32.9 Å². The average molecular weight is 530 g/mol. The van der Waals surface area contributed by atoms with E-state index >= 15 is 0 Å². The predicted molar refractivity (Wildman–Crippen MR) is 143 cm³/mol. The van der Waals surface area contributed by atoms with Crippen LogP contribution in [0.25, 0.3) is 6.20 Å². The number of hydrogen-bond acceptors (Lipinski definition) is 6. The van der Waals surface area contributed by atoms with E-state index in [1.807, 2.05) is 19.9 Å². The Hall–Kier alpha value is -2.59. The summed E-state index contributed by atoms with van der Waals surface area (Å²) in [5.74, 6) is 1.70. The highest BCUT2D eigenvalue weighted by atomic mass is 16.5. The number of aliphatic hydroxyl groups is 1. The molecule has 38 heavy (non-hydrogen) atoms. The van der Waals surface area contributed by atoms with Crippen molar-refractivity contribution < 1.29 is 24.2 Å². The number of morpholine rings is 1. The molecule has 1 aliphatic heterocycles. The molecule has 4 bridgehead atoms. The van der Waals surface area contributed by atoms with Crippen LogP contribution in [0.1, 0.15) is 70.2 Å². The van der Waals surface area contributed by atoms with Crippen molar-refractivity contribution in [3.8, 4) is 5.88 Å². The van der Waals surface area contributed by atoms with Crippen LogP contribution in [0.15, 0.2) is 12.3 Å². The van der Waals surface area contributed by atoms with E-state index < -0.39 is 11.1 Å². The van der Waals surface area contributed by atoms with Gasteiger partial charge in [0.2, 0.25) is 5.88 Å². The zero-order valence-electron chi connectivity index (χ0n) is 23.1. The first-order chi connectivity index (χ1) is 18.0. The van der Waals surface area contributed by atoms with Gasteiger partial charge in [-0.2, -0.15) is 5.10 Å². The summed E-state index contributed by atoms with van der Waals surface area (Å²) in [4.78, 5) is 27.9. The number of ether oxygens (including phenoxy) is 2. The second-order valence-electron chi connectivity index (χ2n) is 12.8. The molecule has 2 unspecified atom stereocenters. The van der Waals surface area contributed by atoms with Gasteiger partial charge in [-0.1, -0.05) is 13.8 Å². The maximum Gasteiger partial charge on any atom is 0.318 e. The number of urea groups is 1. The Labute approximate surface area is 225 Å². The molecule has 0 radical (unpaired) electrons. The minimum Gasteiger partial charge on any atom is -0.477 e. The second kappa shape index (κ2) is 10.5. The summed E-state index contributed by atoms with van der Waals surface area (Å²) in [6.07, 6.45) is 9.75. The summed E-state index contributed by atoms with van der Waals surface area (Å²) >= 11 is 0. The number of amides is 3. The number of rotatable bonds is 8. The number of carbonyl (C=O) groups excluding carboxylic acids is 2. The summed E-state index contributed by atoms with van der Waals surface area (Å²) < 4.78 is 13.0. The predicted octanol–water partition coefficient (Wildman–Crippen LogP) is 2.88. The van der Waals surface area contributed by atoms with Crippen molar-refractivity contribution in [3.05, 3.63) is 17.8 Å². The van der Waals surface area contributed by atoms with Crippen LogP contribution in [0, 0.1) is 23.7 Å². The van der Waals surface area contributed by atoms with Crippen molar-refractivity contribution in [1.29, 1.82) is 0 Å². The third-order valence-electron chi connectivity index (χ3n) is 8.45. The maximum absolute atomic E-state index is 13.5. The van der Waals surface area contributed by atoms with Crippen LogP contribution in [0.4, 0.5) is 4.79 Å². The molecular formula is C28H43N5O5. The summed E-state index contributed by atoms with van der Waals surface area (Å²) in [6, 6.07) is -0.0643. The number of hydrogen-bond donors (Lipinski definition) is 3. The van der Waals surface area contributed by atoms with Gasteiger partial charge < -0.3 is 30.1 Å². The lowest BCUT2D eigenvalue weighted by Crippen LogP contribution is -2.61. The fourth-order valence-corrected chi connectivity index (χ4v) is 6.87. The van der Waals surface area contributed by atoms with Gasteiger partial charge >= 0.3 is 6.03 Å². The largest absolute Gasteiger partial charge is 0.477 e. The number of nitrogens with zero attached hydrogens (tertiary/aromatic N) is 3. The van der Waals surface area contributed by atoms with Crippen molar-refractivity contribution in [1.82, 2.24) is 25.3 Å². The van der Waals surface area contributed by atoms with Gasteiger partial charge in [0.1, 0.15) is 5.56 Å². The van der Waals surface area contributed by atoms with Crippen molar-refractivity contribution in [2.45, 2.75) is 77.0 Å². The molecule has 3 amide bonds. The van der Waals surface area contributed by atoms with Gasteiger partial charge in [-0.25, -0.2) is 9.48 Å². The van der Waals surface area contributed by atoms with E-state index in [9.17, 15) is 14.7 Å². The third kappa shape index (κ3) is 5.86. The molecule has 0 spiro atoms. The third-order valence-corrected chi connectivity index (χ3v) is 8.45. The minimum atomic E-state index is -0.653. The molecule has 4 aliphatic carbocycles. The Kier molecular flexibility index (Phi) is 7.48. The molecule has 1 aromatic rings. The van der Waals surface area contributed by atoms with Crippen LogP contribution >= 0.6 is 0 Å². The Bertz CT molecular complexity index is 1040. The molecule has 10 heteroatoms. The zero-order chi connectivity index (χ0) is 27.1. The average Bonchev–Trinajstić information content (AvgIpc) is 3.26. The lowest BCUT2D eigenvalue weighted by Gasteiger charge is -2.58. The van der Waals surface area contributed by atoms with Gasteiger partial charge in [-0.15, -0.1) is 0 Å². The summed E-state index contributed by atoms with van der Waals surface area (Å²) in [7, 11) is 0. The van der Waals surface area contributed by atoms with Gasteiger partial charge in [-0.3, -0.25) is 4.79 Å². The fourth-order valence-electron chi connectivity index (χ4n) is 6.87. The van der Waals surface area contributed by atoms with Gasteiger partial charge in [-0.05, 0) is 75.7 Å². The Balaban J connectivity index is 1.29. The van der Waals surface area contributed by atoms with Gasteiger partial charge in [0.15, 0.2) is 0 Å². The van der Waals surface area contributed by atoms with E-state index in [1.54, 1.807) is 22.0 Å². The summed E-state index contributed by atoms with van der Waals surface area (Å²) in [6.45, 7) is 10.6. The van der Waals surface area contributed by atoms with Crippen molar-refractivity contribution >= 4 is 18.1 Å². The van der Waals surface area contributed by atoms with Crippen molar-refractivity contribution in [2.24, 2.45) is 23.7 Å². The molecule has 4 saturated carbocycles. The highest BCUT2D eigenvalue weighted by Crippen LogP contribution is 2.55. The quantitative estimate of drug-likeness (QED) is 0.477. The number of nitrogens with one attached hydrogen (secondary N) is 2. The molecule has 2 heterocycles. The molecule has 10 nitrogen and oxygen atoms in total.